The number of nitrogens with two attached hydrogens (primary N) is 2. The maximum atomic E-state index is 6.10. The van der Waals surface area contributed by atoms with E-state index in [0.717, 1.165) is 21.9 Å². The van der Waals surface area contributed by atoms with Gasteiger partial charge in [-0.3, -0.25) is 0 Å². The van der Waals surface area contributed by atoms with Crippen LogP contribution in [-0.2, 0) is 5.75 Å². The second-order valence-corrected chi connectivity index (χ2v) is 5.08. The average molecular weight is 265 g/mol. The molecule has 0 unspecified atom stereocenters. The Morgan fingerprint density at radius 1 is 1.06 bits per heavy atom. The molecule has 0 heterocycles. The first kappa shape index (κ1) is 12.1. The van der Waals surface area contributed by atoms with Crippen LogP contribution in [0.5, 0.6) is 0 Å². The van der Waals surface area contributed by atoms with Gasteiger partial charge in [-0.15, -0.1) is 11.8 Å². The molecule has 0 fully saturated rings. The van der Waals surface area contributed by atoms with Gasteiger partial charge in [0.05, 0.1) is 5.02 Å². The molecular formula is C13H13ClN2S. The van der Waals surface area contributed by atoms with Crippen LogP contribution in [0.1, 0.15) is 5.56 Å². The molecule has 0 saturated carbocycles. The lowest BCUT2D eigenvalue weighted by Crippen LogP contribution is -1.90. The highest BCUT2D eigenvalue weighted by Crippen LogP contribution is 2.34. The topological polar surface area (TPSA) is 52.0 Å². The van der Waals surface area contributed by atoms with E-state index in [0.29, 0.717) is 10.7 Å². The minimum atomic E-state index is 0.693. The number of anilines is 2. The maximum Gasteiger partial charge on any atom is 0.0562 e. The molecule has 88 valence electrons. The van der Waals surface area contributed by atoms with Crippen molar-refractivity contribution < 1.29 is 0 Å². The number of hydrogen-bond acceptors (Lipinski definition) is 3. The third-order valence-electron chi connectivity index (χ3n) is 2.33. The van der Waals surface area contributed by atoms with Crippen molar-refractivity contribution in [3.05, 3.63) is 53.1 Å². The fraction of sp³-hybridized carbons (Fsp3) is 0.0769. The second-order valence-electron chi connectivity index (χ2n) is 3.69. The Balaban J connectivity index is 2.13. The molecule has 0 atom stereocenters. The number of rotatable bonds is 3. The van der Waals surface area contributed by atoms with Crippen LogP contribution in [0.3, 0.4) is 0 Å². The van der Waals surface area contributed by atoms with E-state index < -0.39 is 0 Å². The lowest BCUT2D eigenvalue weighted by molar-refractivity contribution is 1.38. The Morgan fingerprint density at radius 2 is 1.82 bits per heavy atom. The first-order chi connectivity index (χ1) is 8.16. The van der Waals surface area contributed by atoms with Crippen molar-refractivity contribution in [2.24, 2.45) is 0 Å². The van der Waals surface area contributed by atoms with Gasteiger partial charge in [0.25, 0.3) is 0 Å². The molecule has 0 amide bonds. The van der Waals surface area contributed by atoms with E-state index in [9.17, 15) is 0 Å². The summed E-state index contributed by atoms with van der Waals surface area (Å²) in [5, 5.41) is 0.693. The molecule has 2 rings (SSSR count). The van der Waals surface area contributed by atoms with Crippen LogP contribution in [0.15, 0.2) is 47.4 Å². The summed E-state index contributed by atoms with van der Waals surface area (Å²) in [4.78, 5) is 0.927. The predicted octanol–water partition coefficient (Wildman–Crippen LogP) is 3.80. The van der Waals surface area contributed by atoms with Crippen molar-refractivity contribution >= 4 is 34.7 Å². The van der Waals surface area contributed by atoms with Gasteiger partial charge in [0, 0.05) is 22.0 Å². The molecule has 2 aromatic carbocycles. The SMILES string of the molecule is Nc1cccc(CSc2c(N)cccc2Cl)c1. The molecule has 0 aliphatic heterocycles. The normalized spacial score (nSPS) is 10.4. The molecular weight excluding hydrogens is 252 g/mol. The van der Waals surface area contributed by atoms with Gasteiger partial charge >= 0.3 is 0 Å². The van der Waals surface area contributed by atoms with Gasteiger partial charge in [0.1, 0.15) is 0 Å². The molecule has 0 aliphatic rings. The first-order valence-corrected chi connectivity index (χ1v) is 6.54. The van der Waals surface area contributed by atoms with Crippen molar-refractivity contribution in [2.45, 2.75) is 10.6 Å². The highest BCUT2D eigenvalue weighted by atomic mass is 35.5. The number of hydrogen-bond donors (Lipinski definition) is 2. The summed E-state index contributed by atoms with van der Waals surface area (Å²) < 4.78 is 0. The van der Waals surface area contributed by atoms with E-state index in [4.69, 9.17) is 23.1 Å². The van der Waals surface area contributed by atoms with Crippen LogP contribution in [0.25, 0.3) is 0 Å². The summed E-state index contributed by atoms with van der Waals surface area (Å²) in [6.07, 6.45) is 0. The summed E-state index contributed by atoms with van der Waals surface area (Å²) in [5.41, 5.74) is 14.3. The third-order valence-corrected chi connectivity index (χ3v) is 3.98. The molecule has 0 bridgehead atoms. The Hall–Kier alpha value is -1.32. The number of halogens is 1. The van der Waals surface area contributed by atoms with Crippen molar-refractivity contribution in [3.8, 4) is 0 Å². The smallest absolute Gasteiger partial charge is 0.0562 e. The highest BCUT2D eigenvalue weighted by molar-refractivity contribution is 7.98. The minimum Gasteiger partial charge on any atom is -0.399 e. The molecule has 17 heavy (non-hydrogen) atoms. The van der Waals surface area contributed by atoms with Crippen molar-refractivity contribution in [3.63, 3.8) is 0 Å². The average Bonchev–Trinajstić information content (AvgIpc) is 2.28. The second kappa shape index (κ2) is 5.34. The van der Waals surface area contributed by atoms with Gasteiger partial charge < -0.3 is 11.5 Å². The zero-order valence-electron chi connectivity index (χ0n) is 9.19. The molecule has 0 spiro atoms. The number of benzene rings is 2. The van der Waals surface area contributed by atoms with Crippen LogP contribution in [0.4, 0.5) is 11.4 Å². The molecule has 0 saturated heterocycles. The van der Waals surface area contributed by atoms with Crippen LogP contribution in [0, 0.1) is 0 Å². The molecule has 0 aromatic heterocycles. The molecule has 0 aliphatic carbocycles. The Morgan fingerprint density at radius 3 is 2.53 bits per heavy atom. The van der Waals surface area contributed by atoms with E-state index in [2.05, 4.69) is 0 Å². The minimum absolute atomic E-state index is 0.693. The molecule has 2 aromatic rings. The van der Waals surface area contributed by atoms with Gasteiger partial charge in [-0.05, 0) is 29.8 Å². The van der Waals surface area contributed by atoms with Crippen molar-refractivity contribution in [1.29, 1.82) is 0 Å². The summed E-state index contributed by atoms with van der Waals surface area (Å²) >= 11 is 7.72. The highest BCUT2D eigenvalue weighted by Gasteiger charge is 2.05. The lowest BCUT2D eigenvalue weighted by Gasteiger charge is -2.07. The van der Waals surface area contributed by atoms with Gasteiger partial charge in [0.15, 0.2) is 0 Å². The van der Waals surface area contributed by atoms with E-state index in [1.807, 2.05) is 42.5 Å². The van der Waals surface area contributed by atoms with Crippen LogP contribution < -0.4 is 11.5 Å². The van der Waals surface area contributed by atoms with Crippen molar-refractivity contribution in [1.82, 2.24) is 0 Å². The van der Waals surface area contributed by atoms with Crippen molar-refractivity contribution in [2.75, 3.05) is 11.5 Å². The van der Waals surface area contributed by atoms with E-state index >= 15 is 0 Å². The predicted molar refractivity (Wildman–Crippen MR) is 76.3 cm³/mol. The van der Waals surface area contributed by atoms with E-state index in [1.54, 1.807) is 11.8 Å². The van der Waals surface area contributed by atoms with E-state index in [1.165, 1.54) is 0 Å². The quantitative estimate of drug-likeness (QED) is 0.655. The maximum absolute atomic E-state index is 6.10. The van der Waals surface area contributed by atoms with Crippen LogP contribution in [0.2, 0.25) is 5.02 Å². The molecule has 0 radical (unpaired) electrons. The van der Waals surface area contributed by atoms with Crippen LogP contribution >= 0.6 is 23.4 Å². The number of thioether (sulfide) groups is 1. The lowest BCUT2D eigenvalue weighted by atomic mass is 10.2. The van der Waals surface area contributed by atoms with Gasteiger partial charge in [0.2, 0.25) is 0 Å². The first-order valence-electron chi connectivity index (χ1n) is 5.18. The Bertz CT molecular complexity index is 508. The standard InChI is InChI=1S/C13H13ClN2S/c14-11-5-2-6-12(16)13(11)17-8-9-3-1-4-10(15)7-9/h1-7H,8,15-16H2. The summed E-state index contributed by atoms with van der Waals surface area (Å²) in [6.45, 7) is 0. The number of nitrogen functional groups attached to an aromatic ring is 2. The molecule has 4 heteroatoms. The summed E-state index contributed by atoms with van der Waals surface area (Å²) in [5.74, 6) is 0.805. The largest absolute Gasteiger partial charge is 0.399 e. The zero-order valence-corrected chi connectivity index (χ0v) is 10.8. The summed E-state index contributed by atoms with van der Waals surface area (Å²) in [6, 6.07) is 13.4. The Kier molecular flexibility index (Phi) is 3.82. The summed E-state index contributed by atoms with van der Waals surface area (Å²) in [7, 11) is 0. The third kappa shape index (κ3) is 3.08. The van der Waals surface area contributed by atoms with Gasteiger partial charge in [-0.2, -0.15) is 0 Å². The Labute approximate surface area is 110 Å². The van der Waals surface area contributed by atoms with Gasteiger partial charge in [-0.1, -0.05) is 29.8 Å². The molecule has 4 N–H and O–H groups in total. The van der Waals surface area contributed by atoms with E-state index in [-0.39, 0.29) is 0 Å². The molecule has 2 nitrogen and oxygen atoms in total. The van der Waals surface area contributed by atoms with Gasteiger partial charge in [-0.25, -0.2) is 0 Å². The monoisotopic (exact) mass is 264 g/mol. The fourth-order valence-corrected chi connectivity index (χ4v) is 2.79. The van der Waals surface area contributed by atoms with Crippen LogP contribution in [-0.4, -0.2) is 0 Å². The zero-order chi connectivity index (χ0) is 12.3. The fourth-order valence-electron chi connectivity index (χ4n) is 1.52.